The predicted octanol–water partition coefficient (Wildman–Crippen LogP) is -1.87. The Morgan fingerprint density at radius 3 is 2.00 bits per heavy atom. The second-order valence-corrected chi connectivity index (χ2v) is 7.23. The van der Waals surface area contributed by atoms with E-state index in [1.165, 1.54) is 0 Å². The fourth-order valence-electron chi connectivity index (χ4n) is 2.51. The van der Waals surface area contributed by atoms with Gasteiger partial charge in [-0.25, -0.2) is 0 Å². The molecule has 0 heterocycles. The largest absolute Gasteiger partial charge is 0.481 e. The van der Waals surface area contributed by atoms with E-state index in [2.05, 4.69) is 16.0 Å². The van der Waals surface area contributed by atoms with Crippen molar-refractivity contribution in [3.63, 3.8) is 0 Å². The smallest absolute Gasteiger partial charge is 0.322 e. The zero-order valence-corrected chi connectivity index (χ0v) is 17.3. The van der Waals surface area contributed by atoms with Crippen LogP contribution in [-0.2, 0) is 24.0 Å². The molecule has 0 bridgehead atoms. The highest BCUT2D eigenvalue weighted by Crippen LogP contribution is 2.07. The number of nitrogens with two attached hydrogens (primary N) is 2. The third-order valence-corrected chi connectivity index (χ3v) is 4.25. The summed E-state index contributed by atoms with van der Waals surface area (Å²) in [6.45, 7) is 3.17. The number of nitrogens with one attached hydrogen (secondary N) is 3. The van der Waals surface area contributed by atoms with Crippen molar-refractivity contribution >= 4 is 29.7 Å². The van der Waals surface area contributed by atoms with Crippen molar-refractivity contribution in [3.05, 3.63) is 0 Å². The molecule has 3 amide bonds. The molecule has 12 heteroatoms. The van der Waals surface area contributed by atoms with E-state index in [1.54, 1.807) is 13.8 Å². The minimum atomic E-state index is -1.22. The van der Waals surface area contributed by atoms with Gasteiger partial charge in [-0.05, 0) is 38.1 Å². The second kappa shape index (κ2) is 14.3. The van der Waals surface area contributed by atoms with Crippen LogP contribution in [-0.4, -0.2) is 71.1 Å². The number of unbranched alkanes of at least 4 members (excludes halogenated alkanes) is 1. The van der Waals surface area contributed by atoms with Crippen molar-refractivity contribution in [2.24, 2.45) is 17.4 Å². The highest BCUT2D eigenvalue weighted by molar-refractivity contribution is 5.93. The lowest BCUT2D eigenvalue weighted by molar-refractivity contribution is -0.139. The lowest BCUT2D eigenvalue weighted by Gasteiger charge is -2.26. The van der Waals surface area contributed by atoms with E-state index in [4.69, 9.17) is 21.7 Å². The van der Waals surface area contributed by atoms with Gasteiger partial charge < -0.3 is 37.6 Å². The fourth-order valence-corrected chi connectivity index (χ4v) is 2.51. The number of rotatable bonds is 15. The van der Waals surface area contributed by atoms with E-state index in [1.807, 2.05) is 0 Å². The van der Waals surface area contributed by atoms with Gasteiger partial charge in [-0.1, -0.05) is 13.8 Å². The molecule has 9 N–H and O–H groups in total. The molecule has 0 aromatic heterocycles. The van der Waals surface area contributed by atoms with E-state index in [-0.39, 0.29) is 25.2 Å². The van der Waals surface area contributed by atoms with Gasteiger partial charge in [-0.2, -0.15) is 0 Å². The Balaban J connectivity index is 5.11. The van der Waals surface area contributed by atoms with Crippen molar-refractivity contribution in [2.45, 2.75) is 64.1 Å². The van der Waals surface area contributed by atoms with Gasteiger partial charge in [0.25, 0.3) is 0 Å². The molecule has 0 aromatic rings. The Kier molecular flexibility index (Phi) is 13.0. The van der Waals surface area contributed by atoms with Crippen molar-refractivity contribution in [1.82, 2.24) is 16.0 Å². The summed E-state index contributed by atoms with van der Waals surface area (Å²) in [5, 5.41) is 24.7. The topological polar surface area (TPSA) is 214 Å². The monoisotopic (exact) mass is 431 g/mol. The van der Waals surface area contributed by atoms with Crippen LogP contribution >= 0.6 is 0 Å². The van der Waals surface area contributed by atoms with Crippen molar-refractivity contribution < 1.29 is 34.2 Å². The summed E-state index contributed by atoms with van der Waals surface area (Å²) in [4.78, 5) is 58.5. The molecule has 0 spiro atoms. The highest BCUT2D eigenvalue weighted by atomic mass is 16.4. The van der Waals surface area contributed by atoms with Crippen LogP contribution in [0.4, 0.5) is 0 Å². The number of carbonyl (C=O) groups is 5. The fraction of sp³-hybridized carbons (Fsp3) is 0.722. The Hall–Kier alpha value is -2.73. The van der Waals surface area contributed by atoms with Crippen LogP contribution in [0.3, 0.4) is 0 Å². The maximum absolute atomic E-state index is 12.7. The third kappa shape index (κ3) is 11.3. The number of aliphatic carboxylic acids is 2. The summed E-state index contributed by atoms with van der Waals surface area (Å²) in [6.07, 6.45) is 1.00. The first-order chi connectivity index (χ1) is 14.0. The first kappa shape index (κ1) is 27.3. The van der Waals surface area contributed by atoms with Gasteiger partial charge in [0.2, 0.25) is 17.7 Å². The summed E-state index contributed by atoms with van der Waals surface area (Å²) in [5.74, 6) is -4.64. The standard InChI is InChI=1S/C18H33N5O7/c1-10(2)15(23-16(28)11(20)6-7-13(24)25)18(30)22-12(5-3-4-8-19)17(29)21-9-14(26)27/h10-12,15H,3-9,19-20H2,1-2H3,(H,21,29)(H,22,30)(H,23,28)(H,24,25)(H,26,27). The van der Waals surface area contributed by atoms with E-state index >= 15 is 0 Å². The molecule has 0 aromatic carbocycles. The Morgan fingerprint density at radius 1 is 0.867 bits per heavy atom. The Morgan fingerprint density at radius 2 is 1.50 bits per heavy atom. The molecular formula is C18H33N5O7. The van der Waals surface area contributed by atoms with Crippen molar-refractivity contribution in [3.8, 4) is 0 Å². The van der Waals surface area contributed by atoms with E-state index in [9.17, 15) is 24.0 Å². The lowest BCUT2D eigenvalue weighted by Crippen LogP contribution is -2.57. The zero-order valence-electron chi connectivity index (χ0n) is 17.3. The molecule has 0 saturated carbocycles. The SMILES string of the molecule is CC(C)C(NC(=O)C(N)CCC(=O)O)C(=O)NC(CCCCN)C(=O)NCC(=O)O. The number of amides is 3. The Bertz CT molecular complexity index is 612. The quantitative estimate of drug-likeness (QED) is 0.144. The molecule has 0 aliphatic rings. The molecule has 3 unspecified atom stereocenters. The lowest BCUT2D eigenvalue weighted by atomic mass is 10.0. The summed E-state index contributed by atoms with van der Waals surface area (Å²) in [5.41, 5.74) is 11.1. The van der Waals surface area contributed by atoms with Crippen LogP contribution in [0.2, 0.25) is 0 Å². The molecular weight excluding hydrogens is 398 g/mol. The van der Waals surface area contributed by atoms with Gasteiger partial charge in [0.05, 0.1) is 6.04 Å². The maximum Gasteiger partial charge on any atom is 0.322 e. The van der Waals surface area contributed by atoms with Gasteiger partial charge in [0.15, 0.2) is 0 Å². The van der Waals surface area contributed by atoms with Gasteiger partial charge in [0.1, 0.15) is 18.6 Å². The summed E-state index contributed by atoms with van der Waals surface area (Å²) < 4.78 is 0. The van der Waals surface area contributed by atoms with Crippen LogP contribution in [0.1, 0.15) is 46.0 Å². The molecule has 12 nitrogen and oxygen atoms in total. The third-order valence-electron chi connectivity index (χ3n) is 4.25. The average molecular weight is 431 g/mol. The summed E-state index contributed by atoms with van der Waals surface area (Å²) in [7, 11) is 0. The van der Waals surface area contributed by atoms with Crippen LogP contribution in [0.15, 0.2) is 0 Å². The molecule has 0 aliphatic carbocycles. The first-order valence-electron chi connectivity index (χ1n) is 9.77. The van der Waals surface area contributed by atoms with Crippen molar-refractivity contribution in [1.29, 1.82) is 0 Å². The number of hydrogen-bond acceptors (Lipinski definition) is 7. The predicted molar refractivity (Wildman–Crippen MR) is 107 cm³/mol. The van der Waals surface area contributed by atoms with Gasteiger partial charge in [0, 0.05) is 6.42 Å². The molecule has 172 valence electrons. The molecule has 0 aliphatic heterocycles. The minimum absolute atomic E-state index is 0.0904. The summed E-state index contributed by atoms with van der Waals surface area (Å²) in [6, 6.07) is -3.12. The molecule has 30 heavy (non-hydrogen) atoms. The van der Waals surface area contributed by atoms with Crippen molar-refractivity contribution in [2.75, 3.05) is 13.1 Å². The van der Waals surface area contributed by atoms with E-state index < -0.39 is 54.3 Å². The minimum Gasteiger partial charge on any atom is -0.481 e. The normalized spacial score (nSPS) is 13.8. The van der Waals surface area contributed by atoms with Gasteiger partial charge >= 0.3 is 11.9 Å². The number of carboxylic acids is 2. The van der Waals surface area contributed by atoms with E-state index in [0.29, 0.717) is 19.4 Å². The van der Waals surface area contributed by atoms with Gasteiger partial charge in [-0.15, -0.1) is 0 Å². The van der Waals surface area contributed by atoms with Gasteiger partial charge in [-0.3, -0.25) is 24.0 Å². The van der Waals surface area contributed by atoms with Crippen LogP contribution in [0, 0.1) is 5.92 Å². The Labute approximate surface area is 175 Å². The highest BCUT2D eigenvalue weighted by Gasteiger charge is 2.30. The molecule has 0 rings (SSSR count). The molecule has 0 fully saturated rings. The van der Waals surface area contributed by atoms with Crippen LogP contribution in [0.25, 0.3) is 0 Å². The van der Waals surface area contributed by atoms with Crippen LogP contribution < -0.4 is 27.4 Å². The zero-order chi connectivity index (χ0) is 23.3. The molecule has 0 radical (unpaired) electrons. The molecule has 3 atom stereocenters. The second-order valence-electron chi connectivity index (χ2n) is 7.23. The van der Waals surface area contributed by atoms with E-state index in [0.717, 1.165) is 0 Å². The maximum atomic E-state index is 12.7. The summed E-state index contributed by atoms with van der Waals surface area (Å²) >= 11 is 0. The number of carbonyl (C=O) groups excluding carboxylic acids is 3. The average Bonchev–Trinajstić information content (AvgIpc) is 2.66. The first-order valence-corrected chi connectivity index (χ1v) is 9.77. The van der Waals surface area contributed by atoms with Crippen LogP contribution in [0.5, 0.6) is 0 Å². The number of carboxylic acid groups (broad SMARTS) is 2. The number of hydrogen-bond donors (Lipinski definition) is 7. The molecule has 0 saturated heterocycles.